The number of nitrogens with one attached hydrogen (secondary N) is 1. The summed E-state index contributed by atoms with van der Waals surface area (Å²) in [5.41, 5.74) is 1.21. The minimum atomic E-state index is -0.233. The van der Waals surface area contributed by atoms with Gasteiger partial charge in [0.05, 0.1) is 6.54 Å². The number of benzene rings is 1. The molecule has 0 spiro atoms. The van der Waals surface area contributed by atoms with Gasteiger partial charge in [-0.25, -0.2) is 9.37 Å². The molecule has 0 saturated heterocycles. The lowest BCUT2D eigenvalue weighted by Gasteiger charge is -2.20. The fourth-order valence-corrected chi connectivity index (χ4v) is 2.62. The van der Waals surface area contributed by atoms with Crippen molar-refractivity contribution in [1.82, 2.24) is 15.2 Å². The Bertz CT molecular complexity index is 710. The Hall–Kier alpha value is -2.21. The number of carbonyl (C=O) groups is 1. The third-order valence-electron chi connectivity index (χ3n) is 3.88. The Labute approximate surface area is 140 Å². The lowest BCUT2D eigenvalue weighted by molar-refractivity contribution is 0.0938. The summed E-state index contributed by atoms with van der Waals surface area (Å²) in [5, 5.41) is 2.79. The first-order chi connectivity index (χ1) is 11.5. The molecule has 1 heterocycles. The first kappa shape index (κ1) is 16.6. The molecule has 1 N–H and O–H groups in total. The average Bonchev–Trinajstić information content (AvgIpc) is 3.25. The molecule has 0 aliphatic heterocycles. The summed E-state index contributed by atoms with van der Waals surface area (Å²) < 4.78 is 18.8. The minimum Gasteiger partial charge on any atom is -0.447 e. The van der Waals surface area contributed by atoms with E-state index in [4.69, 9.17) is 4.42 Å². The smallest absolute Gasteiger partial charge is 0.273 e. The summed E-state index contributed by atoms with van der Waals surface area (Å²) >= 11 is 0. The number of hydrogen-bond donors (Lipinski definition) is 1. The van der Waals surface area contributed by atoms with Gasteiger partial charge in [-0.1, -0.05) is 12.1 Å². The quantitative estimate of drug-likeness (QED) is 0.847. The second-order valence-corrected chi connectivity index (χ2v) is 6.52. The van der Waals surface area contributed by atoms with Crippen molar-refractivity contribution in [3.05, 3.63) is 53.5 Å². The standard InChI is InChI=1S/C18H22FN3O2/c1-12(2)20-18(23)16-11-24-17(21-16)10-22(15-6-7-15)9-13-4-3-5-14(19)8-13/h3-5,8,11-12,15H,6-7,9-10H2,1-2H3,(H,20,23). The van der Waals surface area contributed by atoms with Crippen molar-refractivity contribution in [2.45, 2.75) is 51.9 Å². The van der Waals surface area contributed by atoms with Crippen LogP contribution >= 0.6 is 0 Å². The SMILES string of the molecule is CC(C)NC(=O)c1coc(CN(Cc2cccc(F)c2)C2CC2)n1. The molecule has 2 aromatic rings. The molecule has 1 saturated carbocycles. The summed E-state index contributed by atoms with van der Waals surface area (Å²) in [7, 11) is 0. The summed E-state index contributed by atoms with van der Waals surface area (Å²) in [4.78, 5) is 18.4. The van der Waals surface area contributed by atoms with Crippen LogP contribution in [0.25, 0.3) is 0 Å². The van der Waals surface area contributed by atoms with Crippen LogP contribution in [0.15, 0.2) is 34.9 Å². The number of halogens is 1. The molecule has 0 atom stereocenters. The fraction of sp³-hybridized carbons (Fsp3) is 0.444. The zero-order chi connectivity index (χ0) is 17.1. The highest BCUT2D eigenvalue weighted by atomic mass is 19.1. The minimum absolute atomic E-state index is 0.0496. The van der Waals surface area contributed by atoms with Crippen LogP contribution < -0.4 is 5.32 Å². The molecule has 24 heavy (non-hydrogen) atoms. The van der Waals surface area contributed by atoms with Crippen molar-refractivity contribution in [2.24, 2.45) is 0 Å². The van der Waals surface area contributed by atoms with Crippen LogP contribution in [-0.4, -0.2) is 27.9 Å². The summed E-state index contributed by atoms with van der Waals surface area (Å²) in [6, 6.07) is 7.14. The molecule has 1 amide bonds. The van der Waals surface area contributed by atoms with Gasteiger partial charge in [0.1, 0.15) is 12.1 Å². The normalized spacial score (nSPS) is 14.4. The molecule has 1 aliphatic rings. The number of rotatable bonds is 7. The maximum Gasteiger partial charge on any atom is 0.273 e. The van der Waals surface area contributed by atoms with Crippen molar-refractivity contribution < 1.29 is 13.6 Å². The monoisotopic (exact) mass is 331 g/mol. The van der Waals surface area contributed by atoms with Gasteiger partial charge in [0.15, 0.2) is 5.69 Å². The molecular formula is C18H22FN3O2. The van der Waals surface area contributed by atoms with Crippen LogP contribution in [0, 0.1) is 5.82 Å². The van der Waals surface area contributed by atoms with E-state index in [-0.39, 0.29) is 17.8 Å². The Kier molecular flexibility index (Phi) is 4.94. The number of nitrogens with zero attached hydrogens (tertiary/aromatic N) is 2. The van der Waals surface area contributed by atoms with Gasteiger partial charge < -0.3 is 9.73 Å². The topological polar surface area (TPSA) is 58.4 Å². The lowest BCUT2D eigenvalue weighted by Crippen LogP contribution is -2.30. The van der Waals surface area contributed by atoms with Crippen molar-refractivity contribution >= 4 is 5.91 Å². The second-order valence-electron chi connectivity index (χ2n) is 6.52. The van der Waals surface area contributed by atoms with Crippen molar-refractivity contribution in [2.75, 3.05) is 0 Å². The van der Waals surface area contributed by atoms with E-state index in [0.29, 0.717) is 30.7 Å². The Morgan fingerprint density at radius 1 is 1.42 bits per heavy atom. The fourth-order valence-electron chi connectivity index (χ4n) is 2.62. The Morgan fingerprint density at radius 2 is 2.21 bits per heavy atom. The number of aromatic nitrogens is 1. The number of amides is 1. The van der Waals surface area contributed by atoms with Crippen molar-refractivity contribution in [3.63, 3.8) is 0 Å². The largest absolute Gasteiger partial charge is 0.447 e. The van der Waals surface area contributed by atoms with Crippen LogP contribution in [-0.2, 0) is 13.1 Å². The number of carbonyl (C=O) groups excluding carboxylic acids is 1. The molecule has 128 valence electrons. The van der Waals surface area contributed by atoms with Gasteiger partial charge in [-0.05, 0) is 44.4 Å². The van der Waals surface area contributed by atoms with Crippen molar-refractivity contribution in [3.8, 4) is 0 Å². The van der Waals surface area contributed by atoms with Crippen LogP contribution in [0.3, 0.4) is 0 Å². The predicted octanol–water partition coefficient (Wildman–Crippen LogP) is 3.12. The Balaban J connectivity index is 1.66. The molecule has 0 unspecified atom stereocenters. The van der Waals surface area contributed by atoms with E-state index in [1.165, 1.54) is 12.3 Å². The predicted molar refractivity (Wildman–Crippen MR) is 87.8 cm³/mol. The summed E-state index contributed by atoms with van der Waals surface area (Å²) in [6.45, 7) is 4.94. The Morgan fingerprint density at radius 3 is 2.88 bits per heavy atom. The third-order valence-corrected chi connectivity index (χ3v) is 3.88. The van der Waals surface area contributed by atoms with E-state index in [9.17, 15) is 9.18 Å². The van der Waals surface area contributed by atoms with Gasteiger partial charge in [-0.15, -0.1) is 0 Å². The highest BCUT2D eigenvalue weighted by Crippen LogP contribution is 2.29. The van der Waals surface area contributed by atoms with E-state index in [2.05, 4.69) is 15.2 Å². The molecule has 0 bridgehead atoms. The molecule has 1 aromatic carbocycles. The summed E-state index contributed by atoms with van der Waals surface area (Å²) in [5.74, 6) is 0.0438. The van der Waals surface area contributed by atoms with E-state index >= 15 is 0 Å². The number of oxazole rings is 1. The van der Waals surface area contributed by atoms with Crippen LogP contribution in [0.4, 0.5) is 4.39 Å². The molecular weight excluding hydrogens is 309 g/mol. The number of hydrogen-bond acceptors (Lipinski definition) is 4. The second kappa shape index (κ2) is 7.13. The maximum absolute atomic E-state index is 13.4. The first-order valence-electron chi connectivity index (χ1n) is 8.25. The van der Waals surface area contributed by atoms with Gasteiger partial charge in [0, 0.05) is 18.6 Å². The first-order valence-corrected chi connectivity index (χ1v) is 8.25. The average molecular weight is 331 g/mol. The molecule has 1 aliphatic carbocycles. The van der Waals surface area contributed by atoms with Gasteiger partial charge >= 0.3 is 0 Å². The highest BCUT2D eigenvalue weighted by molar-refractivity contribution is 5.92. The molecule has 3 rings (SSSR count). The molecule has 1 fully saturated rings. The molecule has 1 aromatic heterocycles. The van der Waals surface area contributed by atoms with Crippen LogP contribution in [0.5, 0.6) is 0 Å². The maximum atomic E-state index is 13.4. The lowest BCUT2D eigenvalue weighted by atomic mass is 10.2. The van der Waals surface area contributed by atoms with E-state index in [0.717, 1.165) is 18.4 Å². The van der Waals surface area contributed by atoms with E-state index < -0.39 is 0 Å². The van der Waals surface area contributed by atoms with Gasteiger partial charge in [0.25, 0.3) is 5.91 Å². The van der Waals surface area contributed by atoms with E-state index in [1.807, 2.05) is 19.9 Å². The van der Waals surface area contributed by atoms with Gasteiger partial charge in [-0.2, -0.15) is 0 Å². The van der Waals surface area contributed by atoms with Crippen LogP contribution in [0.1, 0.15) is 48.6 Å². The van der Waals surface area contributed by atoms with Crippen LogP contribution in [0.2, 0.25) is 0 Å². The van der Waals surface area contributed by atoms with Gasteiger partial charge in [0.2, 0.25) is 5.89 Å². The van der Waals surface area contributed by atoms with E-state index in [1.54, 1.807) is 12.1 Å². The zero-order valence-electron chi connectivity index (χ0n) is 14.0. The van der Waals surface area contributed by atoms with Gasteiger partial charge in [-0.3, -0.25) is 9.69 Å². The molecule has 6 heteroatoms. The zero-order valence-corrected chi connectivity index (χ0v) is 14.0. The molecule has 0 radical (unpaired) electrons. The molecule has 5 nitrogen and oxygen atoms in total. The third kappa shape index (κ3) is 4.41. The summed E-state index contributed by atoms with van der Waals surface area (Å²) in [6.07, 6.45) is 3.63. The highest BCUT2D eigenvalue weighted by Gasteiger charge is 2.30. The van der Waals surface area contributed by atoms with Crippen molar-refractivity contribution in [1.29, 1.82) is 0 Å².